The van der Waals surface area contributed by atoms with Crippen molar-refractivity contribution in [3.63, 3.8) is 0 Å². The standard InChI is InChI=1S/C24H30N6O/c1-14(15(2)25)23(26)22(31)10-17-9-18-11-21(28-24(18)27-12-17)20-13-30(29-16(20)3)19-7-5-4-6-8-19/h9,11-13,19,26H,4-8,10,25H2,1-3H3,(H,27,28)/b15-14-,26-23?. The minimum Gasteiger partial charge on any atom is -0.402 e. The summed E-state index contributed by atoms with van der Waals surface area (Å²) in [6, 6.07) is 4.51. The number of allylic oxidation sites excluding steroid dienone is 2. The van der Waals surface area contributed by atoms with E-state index in [2.05, 4.69) is 26.9 Å². The van der Waals surface area contributed by atoms with E-state index in [4.69, 9.17) is 16.2 Å². The van der Waals surface area contributed by atoms with E-state index < -0.39 is 0 Å². The average Bonchev–Trinajstić information content (AvgIpc) is 3.36. The van der Waals surface area contributed by atoms with Gasteiger partial charge in [-0.25, -0.2) is 4.98 Å². The van der Waals surface area contributed by atoms with Gasteiger partial charge in [0.2, 0.25) is 0 Å². The van der Waals surface area contributed by atoms with Crippen LogP contribution in [0.4, 0.5) is 0 Å². The largest absolute Gasteiger partial charge is 0.402 e. The Balaban J connectivity index is 1.57. The zero-order valence-corrected chi connectivity index (χ0v) is 18.5. The molecule has 0 bridgehead atoms. The fourth-order valence-electron chi connectivity index (χ4n) is 4.26. The third kappa shape index (κ3) is 4.31. The highest BCUT2D eigenvalue weighted by atomic mass is 16.1. The first-order chi connectivity index (χ1) is 14.8. The SMILES string of the molecule is C/C(N)=C(\C)C(=N)C(=O)Cc1cnc2[nH]c(-c3cn(C4CCCCC4)nc3C)cc2c1. The molecule has 162 valence electrons. The lowest BCUT2D eigenvalue weighted by Gasteiger charge is -2.21. The first kappa shape index (κ1) is 21.0. The molecule has 4 rings (SSSR count). The van der Waals surface area contributed by atoms with Gasteiger partial charge in [-0.3, -0.25) is 14.9 Å². The molecule has 3 heterocycles. The van der Waals surface area contributed by atoms with E-state index in [9.17, 15) is 4.79 Å². The Labute approximate surface area is 182 Å². The maximum absolute atomic E-state index is 12.5. The Morgan fingerprint density at radius 1 is 1.26 bits per heavy atom. The molecule has 31 heavy (non-hydrogen) atoms. The van der Waals surface area contributed by atoms with E-state index in [0.29, 0.717) is 17.3 Å². The van der Waals surface area contributed by atoms with E-state index in [1.54, 1.807) is 20.0 Å². The van der Waals surface area contributed by atoms with Crippen molar-refractivity contribution in [1.29, 1.82) is 5.41 Å². The minimum atomic E-state index is -0.260. The van der Waals surface area contributed by atoms with E-state index in [1.807, 2.05) is 13.0 Å². The van der Waals surface area contributed by atoms with Crippen LogP contribution in [0.25, 0.3) is 22.3 Å². The molecule has 4 N–H and O–H groups in total. The minimum absolute atomic E-state index is 0.0411. The third-order valence-electron chi connectivity index (χ3n) is 6.29. The van der Waals surface area contributed by atoms with E-state index in [1.165, 1.54) is 32.1 Å². The molecule has 1 aliphatic carbocycles. The number of hydrogen-bond acceptors (Lipinski definition) is 5. The molecule has 1 saturated carbocycles. The van der Waals surface area contributed by atoms with Crippen molar-refractivity contribution in [3.8, 4) is 11.3 Å². The Bertz CT molecular complexity index is 1170. The van der Waals surface area contributed by atoms with Crippen LogP contribution in [0.15, 0.2) is 35.8 Å². The number of pyridine rings is 1. The summed E-state index contributed by atoms with van der Waals surface area (Å²) < 4.78 is 2.13. The van der Waals surface area contributed by atoms with Crippen molar-refractivity contribution in [2.45, 2.75) is 65.3 Å². The monoisotopic (exact) mass is 418 g/mol. The molecule has 3 aromatic heterocycles. The number of aromatic nitrogens is 4. The Morgan fingerprint density at radius 2 is 2.00 bits per heavy atom. The van der Waals surface area contributed by atoms with Gasteiger partial charge in [0.25, 0.3) is 0 Å². The van der Waals surface area contributed by atoms with E-state index in [-0.39, 0.29) is 17.9 Å². The van der Waals surface area contributed by atoms with Crippen molar-refractivity contribution in [2.75, 3.05) is 0 Å². The number of nitrogens with one attached hydrogen (secondary N) is 2. The van der Waals surface area contributed by atoms with Crippen molar-refractivity contribution in [3.05, 3.63) is 47.1 Å². The molecule has 7 heteroatoms. The van der Waals surface area contributed by atoms with Crippen LogP contribution in [0.3, 0.4) is 0 Å². The number of nitrogens with two attached hydrogens (primary N) is 1. The number of Topliss-reactive ketones (excluding diaryl/α,β-unsaturated/α-hetero) is 1. The van der Waals surface area contributed by atoms with Gasteiger partial charge in [0.15, 0.2) is 5.78 Å². The molecular weight excluding hydrogens is 388 g/mol. The molecular formula is C24H30N6O. The summed E-state index contributed by atoms with van der Waals surface area (Å²) in [6.07, 6.45) is 10.2. The second-order valence-electron chi connectivity index (χ2n) is 8.65. The van der Waals surface area contributed by atoms with Gasteiger partial charge in [0, 0.05) is 35.5 Å². The summed E-state index contributed by atoms with van der Waals surface area (Å²) in [6.45, 7) is 5.44. The Kier molecular flexibility index (Phi) is 5.76. The first-order valence-corrected chi connectivity index (χ1v) is 10.9. The van der Waals surface area contributed by atoms with Crippen LogP contribution in [0, 0.1) is 12.3 Å². The lowest BCUT2D eigenvalue weighted by molar-refractivity contribution is -0.112. The zero-order chi connectivity index (χ0) is 22.1. The zero-order valence-electron chi connectivity index (χ0n) is 18.5. The summed E-state index contributed by atoms with van der Waals surface area (Å²) in [5.41, 5.74) is 11.3. The number of fused-ring (bicyclic) bond motifs is 1. The van der Waals surface area contributed by atoms with Crippen LogP contribution in [-0.4, -0.2) is 31.2 Å². The Morgan fingerprint density at radius 3 is 2.71 bits per heavy atom. The number of hydrogen-bond donors (Lipinski definition) is 3. The van der Waals surface area contributed by atoms with Crippen LogP contribution in [0.2, 0.25) is 0 Å². The lowest BCUT2D eigenvalue weighted by Crippen LogP contribution is -2.19. The van der Waals surface area contributed by atoms with Crippen LogP contribution < -0.4 is 5.73 Å². The molecule has 0 saturated heterocycles. The number of nitrogens with zero attached hydrogens (tertiary/aromatic N) is 3. The molecule has 0 radical (unpaired) electrons. The number of carbonyl (C=O) groups excluding carboxylic acids is 1. The molecule has 3 aromatic rings. The summed E-state index contributed by atoms with van der Waals surface area (Å²) in [5.74, 6) is -0.260. The van der Waals surface area contributed by atoms with Crippen LogP contribution in [-0.2, 0) is 11.2 Å². The van der Waals surface area contributed by atoms with Gasteiger partial charge in [-0.05, 0) is 56.9 Å². The van der Waals surface area contributed by atoms with Crippen LogP contribution in [0.1, 0.15) is 63.3 Å². The maximum atomic E-state index is 12.5. The summed E-state index contributed by atoms with van der Waals surface area (Å²) in [4.78, 5) is 20.4. The fourth-order valence-corrected chi connectivity index (χ4v) is 4.26. The molecule has 0 atom stereocenters. The molecule has 7 nitrogen and oxygen atoms in total. The number of ketones is 1. The van der Waals surface area contributed by atoms with Crippen molar-refractivity contribution < 1.29 is 4.79 Å². The lowest BCUT2D eigenvalue weighted by atomic mass is 9.96. The van der Waals surface area contributed by atoms with Crippen LogP contribution >= 0.6 is 0 Å². The molecule has 0 unspecified atom stereocenters. The van der Waals surface area contributed by atoms with E-state index in [0.717, 1.165) is 33.5 Å². The predicted octanol–water partition coefficient (Wildman–Crippen LogP) is 4.62. The fraction of sp³-hybridized carbons (Fsp3) is 0.417. The highest BCUT2D eigenvalue weighted by Gasteiger charge is 2.19. The topological polar surface area (TPSA) is 113 Å². The summed E-state index contributed by atoms with van der Waals surface area (Å²) >= 11 is 0. The summed E-state index contributed by atoms with van der Waals surface area (Å²) in [5, 5.41) is 13.8. The first-order valence-electron chi connectivity index (χ1n) is 10.9. The van der Waals surface area contributed by atoms with Crippen molar-refractivity contribution >= 4 is 22.5 Å². The number of H-pyrrole nitrogens is 1. The van der Waals surface area contributed by atoms with E-state index >= 15 is 0 Å². The third-order valence-corrected chi connectivity index (χ3v) is 6.29. The molecule has 0 spiro atoms. The van der Waals surface area contributed by atoms with Crippen LogP contribution in [0.5, 0.6) is 0 Å². The van der Waals surface area contributed by atoms with Gasteiger partial charge in [-0.1, -0.05) is 19.3 Å². The molecule has 1 aliphatic rings. The molecule has 0 aromatic carbocycles. The second-order valence-corrected chi connectivity index (χ2v) is 8.65. The van der Waals surface area contributed by atoms with Crippen molar-refractivity contribution in [2.24, 2.45) is 5.73 Å². The molecule has 0 amide bonds. The number of rotatable bonds is 6. The maximum Gasteiger partial charge on any atom is 0.185 e. The predicted molar refractivity (Wildman–Crippen MR) is 123 cm³/mol. The molecule has 0 aliphatic heterocycles. The summed E-state index contributed by atoms with van der Waals surface area (Å²) in [7, 11) is 0. The van der Waals surface area contributed by atoms with Gasteiger partial charge in [-0.15, -0.1) is 0 Å². The van der Waals surface area contributed by atoms with Gasteiger partial charge >= 0.3 is 0 Å². The second kappa shape index (κ2) is 8.49. The average molecular weight is 419 g/mol. The normalized spacial score (nSPS) is 15.8. The highest BCUT2D eigenvalue weighted by Crippen LogP contribution is 2.31. The Hall–Kier alpha value is -3.22. The number of carbonyl (C=O) groups is 1. The van der Waals surface area contributed by atoms with Gasteiger partial charge in [0.05, 0.1) is 17.4 Å². The number of aromatic amines is 1. The molecule has 1 fully saturated rings. The quantitative estimate of drug-likeness (QED) is 0.507. The van der Waals surface area contributed by atoms with Gasteiger partial charge < -0.3 is 10.7 Å². The number of aryl methyl sites for hydroxylation is 1. The smallest absolute Gasteiger partial charge is 0.185 e. The van der Waals surface area contributed by atoms with Crippen molar-refractivity contribution in [1.82, 2.24) is 19.7 Å². The van der Waals surface area contributed by atoms with Gasteiger partial charge in [0.1, 0.15) is 11.4 Å². The van der Waals surface area contributed by atoms with Gasteiger partial charge in [-0.2, -0.15) is 5.10 Å². The highest BCUT2D eigenvalue weighted by molar-refractivity contribution is 6.45.